The van der Waals surface area contributed by atoms with Gasteiger partial charge in [0.1, 0.15) is 18.5 Å². The summed E-state index contributed by atoms with van der Waals surface area (Å²) in [6.07, 6.45) is 0.168. The Bertz CT molecular complexity index is 1070. The smallest absolute Gasteiger partial charge is 0.252 e. The average Bonchev–Trinajstić information content (AvgIpc) is 2.77. The van der Waals surface area contributed by atoms with Crippen molar-refractivity contribution < 1.29 is 23.2 Å². The van der Waals surface area contributed by atoms with E-state index in [1.54, 1.807) is 48.5 Å². The van der Waals surface area contributed by atoms with Gasteiger partial charge in [-0.25, -0.2) is 8.78 Å². The molecule has 2 amide bonds. The van der Waals surface area contributed by atoms with Crippen LogP contribution in [0.3, 0.4) is 0 Å². The molecule has 154 valence electrons. The molecule has 0 saturated heterocycles. The lowest BCUT2D eigenvalue weighted by Gasteiger charge is -2.19. The van der Waals surface area contributed by atoms with E-state index in [0.717, 1.165) is 5.56 Å². The van der Waals surface area contributed by atoms with Gasteiger partial charge in [0.25, 0.3) is 5.91 Å². The number of benzene rings is 3. The van der Waals surface area contributed by atoms with Crippen molar-refractivity contribution in [1.29, 1.82) is 0 Å². The highest BCUT2D eigenvalue weighted by Gasteiger charge is 2.23. The Labute approximate surface area is 172 Å². The van der Waals surface area contributed by atoms with Gasteiger partial charge in [0.2, 0.25) is 5.91 Å². The van der Waals surface area contributed by atoms with Crippen molar-refractivity contribution in [2.45, 2.75) is 12.5 Å². The zero-order valence-corrected chi connectivity index (χ0v) is 16.0. The van der Waals surface area contributed by atoms with Crippen LogP contribution in [0.2, 0.25) is 0 Å². The predicted molar refractivity (Wildman–Crippen MR) is 109 cm³/mol. The number of rotatable bonds is 8. The summed E-state index contributed by atoms with van der Waals surface area (Å²) in [6, 6.07) is 17.1. The third kappa shape index (κ3) is 5.05. The second-order valence-corrected chi connectivity index (χ2v) is 6.75. The molecular weight excluding hydrogens is 390 g/mol. The Balaban J connectivity index is 1.85. The maximum absolute atomic E-state index is 14.1. The van der Waals surface area contributed by atoms with Crippen molar-refractivity contribution in [3.8, 4) is 0 Å². The van der Waals surface area contributed by atoms with Gasteiger partial charge >= 0.3 is 0 Å². The first kappa shape index (κ1) is 21.1. The van der Waals surface area contributed by atoms with Gasteiger partial charge in [-0.15, -0.1) is 0 Å². The molecule has 0 fully saturated rings. The highest BCUT2D eigenvalue weighted by atomic mass is 19.1. The van der Waals surface area contributed by atoms with E-state index in [1.165, 1.54) is 12.1 Å². The first-order valence-electron chi connectivity index (χ1n) is 9.37. The van der Waals surface area contributed by atoms with E-state index in [9.17, 15) is 23.2 Å². The number of amides is 2. The molecule has 3 rings (SSSR count). The predicted octanol–water partition coefficient (Wildman–Crippen LogP) is 2.97. The Morgan fingerprint density at radius 2 is 1.53 bits per heavy atom. The maximum Gasteiger partial charge on any atom is 0.252 e. The SMILES string of the molecule is O=C(CF)CNC(=O)[C@H](Cc1ccccc1)NC(=O)c1ccc(F)c2ccccc12. The molecule has 0 spiro atoms. The van der Waals surface area contributed by atoms with Crippen LogP contribution in [0.5, 0.6) is 0 Å². The average molecular weight is 410 g/mol. The van der Waals surface area contributed by atoms with Crippen LogP contribution in [0.1, 0.15) is 15.9 Å². The highest BCUT2D eigenvalue weighted by Crippen LogP contribution is 2.22. The van der Waals surface area contributed by atoms with Crippen LogP contribution in [-0.2, 0) is 16.0 Å². The van der Waals surface area contributed by atoms with Gasteiger partial charge in [-0.05, 0) is 23.1 Å². The van der Waals surface area contributed by atoms with Crippen molar-refractivity contribution in [1.82, 2.24) is 10.6 Å². The molecule has 0 bridgehead atoms. The van der Waals surface area contributed by atoms with Gasteiger partial charge in [-0.2, -0.15) is 0 Å². The molecule has 5 nitrogen and oxygen atoms in total. The van der Waals surface area contributed by atoms with E-state index in [2.05, 4.69) is 10.6 Å². The number of hydrogen-bond acceptors (Lipinski definition) is 3. The van der Waals surface area contributed by atoms with Crippen molar-refractivity contribution >= 4 is 28.4 Å². The standard InChI is InChI=1S/C23H20F2N2O3/c24-13-16(28)14-26-23(30)21(12-15-6-2-1-3-7-15)27-22(29)19-10-11-20(25)18-9-5-4-8-17(18)19/h1-11,21H,12-14H2,(H,26,30)(H,27,29)/t21-/m0/s1. The summed E-state index contributed by atoms with van der Waals surface area (Å²) in [6.45, 7) is -1.65. The lowest BCUT2D eigenvalue weighted by molar-refractivity contribution is -0.126. The Hall–Kier alpha value is -3.61. The van der Waals surface area contributed by atoms with Crippen molar-refractivity contribution in [2.24, 2.45) is 0 Å². The Morgan fingerprint density at radius 1 is 0.867 bits per heavy atom. The van der Waals surface area contributed by atoms with Gasteiger partial charge in [-0.3, -0.25) is 14.4 Å². The Morgan fingerprint density at radius 3 is 2.23 bits per heavy atom. The van der Waals surface area contributed by atoms with E-state index in [4.69, 9.17) is 0 Å². The van der Waals surface area contributed by atoms with Crippen LogP contribution in [0.15, 0.2) is 66.7 Å². The summed E-state index contributed by atoms with van der Waals surface area (Å²) in [5, 5.41) is 5.72. The molecule has 0 aliphatic carbocycles. The molecular formula is C23H20F2N2O3. The summed E-state index contributed by atoms with van der Waals surface area (Å²) in [7, 11) is 0. The fraction of sp³-hybridized carbons (Fsp3) is 0.174. The quantitative estimate of drug-likeness (QED) is 0.600. The molecule has 2 N–H and O–H groups in total. The summed E-state index contributed by atoms with van der Waals surface area (Å²) in [4.78, 5) is 36.7. The number of carbonyl (C=O) groups is 3. The third-order valence-electron chi connectivity index (χ3n) is 4.63. The molecule has 0 unspecified atom stereocenters. The van der Waals surface area contributed by atoms with E-state index < -0.39 is 42.7 Å². The van der Waals surface area contributed by atoms with Crippen LogP contribution < -0.4 is 10.6 Å². The molecule has 0 heterocycles. The van der Waals surface area contributed by atoms with Crippen molar-refractivity contribution in [3.05, 3.63) is 83.7 Å². The molecule has 0 aliphatic rings. The van der Waals surface area contributed by atoms with Crippen LogP contribution in [0.25, 0.3) is 10.8 Å². The molecule has 30 heavy (non-hydrogen) atoms. The van der Waals surface area contributed by atoms with Gasteiger partial charge in [-0.1, -0.05) is 54.6 Å². The number of ketones is 1. The van der Waals surface area contributed by atoms with Gasteiger partial charge in [0, 0.05) is 17.4 Å². The van der Waals surface area contributed by atoms with E-state index >= 15 is 0 Å². The topological polar surface area (TPSA) is 75.3 Å². The van der Waals surface area contributed by atoms with Crippen LogP contribution in [-0.4, -0.2) is 36.9 Å². The van der Waals surface area contributed by atoms with E-state index in [-0.39, 0.29) is 12.0 Å². The number of carbonyl (C=O) groups excluding carboxylic acids is 3. The number of nitrogens with one attached hydrogen (secondary N) is 2. The van der Waals surface area contributed by atoms with E-state index in [0.29, 0.717) is 10.8 Å². The minimum absolute atomic E-state index is 0.168. The summed E-state index contributed by atoms with van der Waals surface area (Å²) < 4.78 is 26.5. The molecule has 3 aromatic rings. The molecule has 0 aliphatic heterocycles. The number of alkyl halides is 1. The van der Waals surface area contributed by atoms with E-state index in [1.807, 2.05) is 6.07 Å². The van der Waals surface area contributed by atoms with Gasteiger partial charge < -0.3 is 10.6 Å². The number of hydrogen-bond donors (Lipinski definition) is 2. The second-order valence-electron chi connectivity index (χ2n) is 6.75. The van der Waals surface area contributed by atoms with Gasteiger partial charge in [0.05, 0.1) is 6.54 Å². The molecule has 0 aromatic heterocycles. The second kappa shape index (κ2) is 9.73. The fourth-order valence-electron chi connectivity index (χ4n) is 3.11. The van der Waals surface area contributed by atoms with Crippen LogP contribution >= 0.6 is 0 Å². The molecule has 3 aromatic carbocycles. The zero-order valence-electron chi connectivity index (χ0n) is 16.0. The maximum atomic E-state index is 14.1. The lowest BCUT2D eigenvalue weighted by Crippen LogP contribution is -2.49. The fourth-order valence-corrected chi connectivity index (χ4v) is 3.11. The highest BCUT2D eigenvalue weighted by molar-refractivity contribution is 6.08. The van der Waals surface area contributed by atoms with Gasteiger partial charge in [0.15, 0.2) is 5.78 Å². The summed E-state index contributed by atoms with van der Waals surface area (Å²) >= 11 is 0. The first-order chi connectivity index (χ1) is 14.5. The number of fused-ring (bicyclic) bond motifs is 1. The molecule has 0 radical (unpaired) electrons. The monoisotopic (exact) mass is 410 g/mol. The summed E-state index contributed by atoms with van der Waals surface area (Å²) in [5.41, 5.74) is 1.01. The zero-order chi connectivity index (χ0) is 21.5. The minimum atomic E-state index is -1.18. The van der Waals surface area contributed by atoms with Crippen molar-refractivity contribution in [2.75, 3.05) is 13.2 Å². The van der Waals surface area contributed by atoms with Crippen molar-refractivity contribution in [3.63, 3.8) is 0 Å². The normalized spacial score (nSPS) is 11.7. The lowest BCUT2D eigenvalue weighted by atomic mass is 10.0. The third-order valence-corrected chi connectivity index (χ3v) is 4.63. The molecule has 7 heteroatoms. The summed E-state index contributed by atoms with van der Waals surface area (Å²) in [5.74, 6) is -2.39. The minimum Gasteiger partial charge on any atom is -0.347 e. The van der Waals surface area contributed by atoms with Crippen LogP contribution in [0, 0.1) is 5.82 Å². The molecule has 1 atom stereocenters. The van der Waals surface area contributed by atoms with Crippen LogP contribution in [0.4, 0.5) is 8.78 Å². The number of Topliss-reactive ketones (excluding diaryl/α,β-unsaturated/α-hetero) is 1. The largest absolute Gasteiger partial charge is 0.347 e. The first-order valence-corrected chi connectivity index (χ1v) is 9.37. The Kier molecular flexibility index (Phi) is 6.85. The molecule has 0 saturated carbocycles. The number of halogens is 2.